The van der Waals surface area contributed by atoms with E-state index < -0.39 is 0 Å². The minimum absolute atomic E-state index is 0.758. The summed E-state index contributed by atoms with van der Waals surface area (Å²) >= 11 is 1.51. The zero-order chi connectivity index (χ0) is 9.68. The summed E-state index contributed by atoms with van der Waals surface area (Å²) < 4.78 is 4.96. The lowest BCUT2D eigenvalue weighted by atomic mass is 10.4. The average Bonchev–Trinajstić information content (AvgIpc) is 2.52. The van der Waals surface area contributed by atoms with Gasteiger partial charge in [0.25, 0.3) is 0 Å². The Morgan fingerprint density at radius 1 is 1.69 bits per heavy atom. The van der Waals surface area contributed by atoms with Gasteiger partial charge in [0.2, 0.25) is 0 Å². The van der Waals surface area contributed by atoms with Crippen molar-refractivity contribution < 1.29 is 4.74 Å². The molecule has 74 valence electrons. The number of hydrogen-bond donors (Lipinski definition) is 1. The van der Waals surface area contributed by atoms with Crippen LogP contribution in [0.25, 0.3) is 0 Å². The summed E-state index contributed by atoms with van der Waals surface area (Å²) in [6.07, 6.45) is 2.69. The first-order chi connectivity index (χ1) is 6.24. The molecule has 1 aromatic heterocycles. The zero-order valence-electron chi connectivity index (χ0n) is 7.99. The predicted molar refractivity (Wildman–Crippen MR) is 56.3 cm³/mol. The molecule has 0 saturated carbocycles. The standard InChI is InChI=1S/C8H15N3OS/c1-11(4-3-5-12-2)8-10-6-7(9)13-8/h6H,3-5,9H2,1-2H3. The Morgan fingerprint density at radius 3 is 3.00 bits per heavy atom. The van der Waals surface area contributed by atoms with Crippen LogP contribution in [0.1, 0.15) is 6.42 Å². The molecule has 0 atom stereocenters. The Labute approximate surface area is 82.3 Å². The Morgan fingerprint density at radius 2 is 2.46 bits per heavy atom. The number of thiazole rings is 1. The number of nitrogen functional groups attached to an aromatic ring is 1. The maximum absolute atomic E-state index is 5.58. The van der Waals surface area contributed by atoms with Crippen molar-refractivity contribution in [3.63, 3.8) is 0 Å². The molecule has 0 amide bonds. The minimum atomic E-state index is 0.758. The van der Waals surface area contributed by atoms with Gasteiger partial charge in [0.15, 0.2) is 5.13 Å². The second-order valence-corrected chi connectivity index (χ2v) is 3.85. The Kier molecular flexibility index (Phi) is 3.98. The van der Waals surface area contributed by atoms with Gasteiger partial charge in [0, 0.05) is 27.3 Å². The smallest absolute Gasteiger partial charge is 0.186 e. The fourth-order valence-electron chi connectivity index (χ4n) is 0.995. The minimum Gasteiger partial charge on any atom is -0.389 e. The van der Waals surface area contributed by atoms with Crippen LogP contribution in [0.3, 0.4) is 0 Å². The summed E-state index contributed by atoms with van der Waals surface area (Å²) in [5, 5.41) is 1.72. The number of ether oxygens (including phenoxy) is 1. The highest BCUT2D eigenvalue weighted by Gasteiger charge is 2.04. The first kappa shape index (κ1) is 10.3. The van der Waals surface area contributed by atoms with Crippen LogP contribution >= 0.6 is 11.3 Å². The van der Waals surface area contributed by atoms with Gasteiger partial charge in [-0.25, -0.2) is 4.98 Å². The van der Waals surface area contributed by atoms with Crippen LogP contribution in [0.5, 0.6) is 0 Å². The highest BCUT2D eigenvalue weighted by atomic mass is 32.1. The van der Waals surface area contributed by atoms with E-state index >= 15 is 0 Å². The molecule has 5 heteroatoms. The summed E-state index contributed by atoms with van der Waals surface area (Å²) in [5.74, 6) is 0. The van der Waals surface area contributed by atoms with Crippen molar-refractivity contribution in [3.05, 3.63) is 6.20 Å². The molecule has 0 saturated heterocycles. The van der Waals surface area contributed by atoms with Gasteiger partial charge in [-0.05, 0) is 6.42 Å². The molecule has 0 radical (unpaired) electrons. The molecule has 0 aromatic carbocycles. The van der Waals surface area contributed by atoms with Gasteiger partial charge in [0.05, 0.1) is 6.20 Å². The lowest BCUT2D eigenvalue weighted by molar-refractivity contribution is 0.196. The number of aromatic nitrogens is 1. The quantitative estimate of drug-likeness (QED) is 0.727. The largest absolute Gasteiger partial charge is 0.389 e. The zero-order valence-corrected chi connectivity index (χ0v) is 8.80. The molecule has 13 heavy (non-hydrogen) atoms. The van der Waals surface area contributed by atoms with Gasteiger partial charge in [-0.1, -0.05) is 11.3 Å². The molecule has 1 rings (SSSR count). The van der Waals surface area contributed by atoms with Crippen molar-refractivity contribution in [2.45, 2.75) is 6.42 Å². The van der Waals surface area contributed by atoms with Gasteiger partial charge in [0.1, 0.15) is 5.00 Å². The third-order valence-electron chi connectivity index (χ3n) is 1.68. The number of methoxy groups -OCH3 is 1. The number of anilines is 2. The monoisotopic (exact) mass is 201 g/mol. The maximum atomic E-state index is 5.58. The van der Waals surface area contributed by atoms with E-state index in [0.717, 1.165) is 29.7 Å². The first-order valence-electron chi connectivity index (χ1n) is 4.15. The fraction of sp³-hybridized carbons (Fsp3) is 0.625. The predicted octanol–water partition coefficient (Wildman–Crippen LogP) is 1.20. The molecule has 0 aliphatic rings. The summed E-state index contributed by atoms with van der Waals surface area (Å²) in [6.45, 7) is 1.73. The molecule has 2 N–H and O–H groups in total. The topological polar surface area (TPSA) is 51.4 Å². The Bertz CT molecular complexity index is 251. The third kappa shape index (κ3) is 3.20. The molecule has 0 unspecified atom stereocenters. The SMILES string of the molecule is COCCCN(C)c1ncc(N)s1. The van der Waals surface area contributed by atoms with Gasteiger partial charge >= 0.3 is 0 Å². The molecule has 0 spiro atoms. The molecular weight excluding hydrogens is 186 g/mol. The molecule has 0 aliphatic carbocycles. The van der Waals surface area contributed by atoms with Gasteiger partial charge in [-0.3, -0.25) is 0 Å². The summed E-state index contributed by atoms with van der Waals surface area (Å²) in [4.78, 5) is 6.26. The summed E-state index contributed by atoms with van der Waals surface area (Å²) in [6, 6.07) is 0. The molecule has 1 aromatic rings. The van der Waals surface area contributed by atoms with Crippen LogP contribution < -0.4 is 10.6 Å². The second-order valence-electron chi connectivity index (χ2n) is 2.81. The van der Waals surface area contributed by atoms with Crippen molar-refractivity contribution in [1.29, 1.82) is 0 Å². The summed E-state index contributed by atoms with van der Waals surface area (Å²) in [5.41, 5.74) is 5.58. The number of nitrogens with two attached hydrogens (primary N) is 1. The van der Waals surface area contributed by atoms with E-state index in [4.69, 9.17) is 10.5 Å². The van der Waals surface area contributed by atoms with Gasteiger partial charge in [-0.15, -0.1) is 0 Å². The van der Waals surface area contributed by atoms with Crippen molar-refractivity contribution in [3.8, 4) is 0 Å². The Balaban J connectivity index is 2.35. The van der Waals surface area contributed by atoms with E-state index in [1.807, 2.05) is 7.05 Å². The molecule has 1 heterocycles. The third-order valence-corrected chi connectivity index (χ3v) is 2.62. The van der Waals surface area contributed by atoms with Gasteiger partial charge < -0.3 is 15.4 Å². The highest BCUT2D eigenvalue weighted by molar-refractivity contribution is 7.19. The van der Waals surface area contributed by atoms with Crippen molar-refractivity contribution >= 4 is 21.5 Å². The molecule has 0 aliphatic heterocycles. The number of hydrogen-bond acceptors (Lipinski definition) is 5. The average molecular weight is 201 g/mol. The van der Waals surface area contributed by atoms with E-state index in [1.54, 1.807) is 13.3 Å². The van der Waals surface area contributed by atoms with Crippen LogP contribution in [0.15, 0.2) is 6.20 Å². The highest BCUT2D eigenvalue weighted by Crippen LogP contribution is 2.22. The van der Waals surface area contributed by atoms with Crippen molar-refractivity contribution in [1.82, 2.24) is 4.98 Å². The number of rotatable bonds is 5. The van der Waals surface area contributed by atoms with Crippen LogP contribution in [0.4, 0.5) is 10.1 Å². The van der Waals surface area contributed by atoms with Crippen molar-refractivity contribution in [2.24, 2.45) is 0 Å². The Hall–Kier alpha value is -0.810. The van der Waals surface area contributed by atoms with E-state index in [0.29, 0.717) is 0 Å². The first-order valence-corrected chi connectivity index (χ1v) is 4.97. The lowest BCUT2D eigenvalue weighted by Crippen LogP contribution is -2.19. The van der Waals surface area contributed by atoms with Crippen LogP contribution in [0.2, 0.25) is 0 Å². The second kappa shape index (κ2) is 5.04. The van der Waals surface area contributed by atoms with E-state index in [9.17, 15) is 0 Å². The van der Waals surface area contributed by atoms with Crippen molar-refractivity contribution in [2.75, 3.05) is 37.9 Å². The van der Waals surface area contributed by atoms with E-state index in [-0.39, 0.29) is 0 Å². The van der Waals surface area contributed by atoms with E-state index in [2.05, 4.69) is 9.88 Å². The van der Waals surface area contributed by atoms with E-state index in [1.165, 1.54) is 11.3 Å². The normalized spacial score (nSPS) is 10.3. The molecular formula is C8H15N3OS. The number of nitrogens with zero attached hydrogens (tertiary/aromatic N) is 2. The van der Waals surface area contributed by atoms with Crippen LogP contribution in [0, 0.1) is 0 Å². The molecule has 4 nitrogen and oxygen atoms in total. The maximum Gasteiger partial charge on any atom is 0.186 e. The lowest BCUT2D eigenvalue weighted by Gasteiger charge is -2.14. The van der Waals surface area contributed by atoms with Crippen LogP contribution in [-0.2, 0) is 4.74 Å². The summed E-state index contributed by atoms with van der Waals surface area (Å²) in [7, 11) is 3.72. The van der Waals surface area contributed by atoms with Crippen LogP contribution in [-0.4, -0.2) is 32.3 Å². The fourth-order valence-corrected chi connectivity index (χ4v) is 1.66. The molecule has 0 bridgehead atoms. The molecule has 0 fully saturated rings. The van der Waals surface area contributed by atoms with Gasteiger partial charge in [-0.2, -0.15) is 0 Å².